The largest absolute Gasteiger partial charge is 0.478 e. The summed E-state index contributed by atoms with van der Waals surface area (Å²) in [5.41, 5.74) is 4.35. The van der Waals surface area contributed by atoms with Gasteiger partial charge >= 0.3 is 5.97 Å². The highest BCUT2D eigenvalue weighted by Gasteiger charge is 2.16. The summed E-state index contributed by atoms with van der Waals surface area (Å²) in [7, 11) is 0. The zero-order valence-electron chi connectivity index (χ0n) is 12.5. The van der Waals surface area contributed by atoms with Crippen molar-refractivity contribution in [1.82, 2.24) is 4.57 Å². The first-order valence-corrected chi connectivity index (χ1v) is 7.35. The van der Waals surface area contributed by atoms with Gasteiger partial charge in [-0.3, -0.25) is 0 Å². The highest BCUT2D eigenvalue weighted by Crippen LogP contribution is 2.25. The highest BCUT2D eigenvalue weighted by atomic mass is 16.4. The summed E-state index contributed by atoms with van der Waals surface area (Å²) < 4.78 is 2.00. The average molecular weight is 284 g/mol. The Morgan fingerprint density at radius 2 is 1.62 bits per heavy atom. The molecule has 1 N–H and O–H groups in total. The first-order valence-electron chi connectivity index (χ1n) is 7.35. The first-order chi connectivity index (χ1) is 10.1. The first kappa shape index (κ1) is 13.7. The molecule has 0 saturated carbocycles. The number of aromatic nitrogens is 1. The van der Waals surface area contributed by atoms with Crippen LogP contribution in [-0.2, 0) is 0 Å². The lowest BCUT2D eigenvalue weighted by Gasteiger charge is -2.18. The van der Waals surface area contributed by atoms with Crippen LogP contribution in [0.25, 0.3) is 5.69 Å². The molecule has 0 unspecified atom stereocenters. The van der Waals surface area contributed by atoms with Gasteiger partial charge in [-0.1, -0.05) is 0 Å². The molecule has 1 fully saturated rings. The minimum Gasteiger partial charge on any atom is -0.478 e. The highest BCUT2D eigenvalue weighted by molar-refractivity contribution is 5.89. The van der Waals surface area contributed by atoms with Crippen molar-refractivity contribution in [2.45, 2.75) is 26.7 Å². The van der Waals surface area contributed by atoms with Gasteiger partial charge in [0.2, 0.25) is 0 Å². The van der Waals surface area contributed by atoms with Crippen molar-refractivity contribution < 1.29 is 9.90 Å². The topological polar surface area (TPSA) is 45.5 Å². The lowest BCUT2D eigenvalue weighted by atomic mass is 10.2. The van der Waals surface area contributed by atoms with E-state index in [0.29, 0.717) is 5.56 Å². The molecule has 3 rings (SSSR count). The number of rotatable bonds is 3. The van der Waals surface area contributed by atoms with Gasteiger partial charge in [-0.2, -0.15) is 0 Å². The van der Waals surface area contributed by atoms with Gasteiger partial charge in [0.25, 0.3) is 0 Å². The second-order valence-electron chi connectivity index (χ2n) is 5.64. The molecule has 110 valence electrons. The van der Waals surface area contributed by atoms with Crippen molar-refractivity contribution in [3.05, 3.63) is 47.3 Å². The number of nitrogens with zero attached hydrogens (tertiary/aromatic N) is 2. The maximum Gasteiger partial charge on any atom is 0.337 e. The quantitative estimate of drug-likeness (QED) is 0.939. The SMILES string of the molecule is Cc1cc(C(=O)O)c(C)n1-c1ccc(N2CCCC2)cc1. The number of anilines is 1. The van der Waals surface area contributed by atoms with Crippen molar-refractivity contribution in [3.8, 4) is 5.69 Å². The van der Waals surface area contributed by atoms with E-state index in [-0.39, 0.29) is 0 Å². The fourth-order valence-electron chi connectivity index (χ4n) is 3.16. The smallest absolute Gasteiger partial charge is 0.337 e. The summed E-state index contributed by atoms with van der Waals surface area (Å²) in [4.78, 5) is 13.6. The van der Waals surface area contributed by atoms with Crippen LogP contribution in [0.5, 0.6) is 0 Å². The summed E-state index contributed by atoms with van der Waals surface area (Å²) in [6.45, 7) is 6.05. The summed E-state index contributed by atoms with van der Waals surface area (Å²) in [6, 6.07) is 10.1. The van der Waals surface area contributed by atoms with E-state index in [4.69, 9.17) is 0 Å². The zero-order valence-corrected chi connectivity index (χ0v) is 12.5. The van der Waals surface area contributed by atoms with Gasteiger partial charge in [-0.05, 0) is 57.0 Å². The van der Waals surface area contributed by atoms with Gasteiger partial charge in [-0.15, -0.1) is 0 Å². The molecule has 2 aromatic rings. The summed E-state index contributed by atoms with van der Waals surface area (Å²) in [5.74, 6) is -0.872. The van der Waals surface area contributed by atoms with Crippen molar-refractivity contribution >= 4 is 11.7 Å². The van der Waals surface area contributed by atoms with Crippen LogP contribution < -0.4 is 4.90 Å². The Labute approximate surface area is 124 Å². The molecule has 1 aromatic heterocycles. The third-order valence-corrected chi connectivity index (χ3v) is 4.24. The second kappa shape index (κ2) is 5.28. The van der Waals surface area contributed by atoms with E-state index in [1.807, 2.05) is 18.4 Å². The van der Waals surface area contributed by atoms with Crippen molar-refractivity contribution in [1.29, 1.82) is 0 Å². The molecule has 0 aliphatic carbocycles. The number of aryl methyl sites for hydroxylation is 1. The third-order valence-electron chi connectivity index (χ3n) is 4.24. The molecular formula is C17H20N2O2. The Balaban J connectivity index is 1.95. The molecule has 0 atom stereocenters. The number of carboxylic acids is 1. The maximum absolute atomic E-state index is 11.2. The molecule has 1 aromatic carbocycles. The Morgan fingerprint density at radius 3 is 2.14 bits per heavy atom. The third kappa shape index (κ3) is 2.42. The minimum absolute atomic E-state index is 0.371. The number of hydrogen-bond donors (Lipinski definition) is 1. The zero-order chi connectivity index (χ0) is 15.0. The average Bonchev–Trinajstić information content (AvgIpc) is 3.08. The van der Waals surface area contributed by atoms with E-state index in [9.17, 15) is 9.90 Å². The van der Waals surface area contributed by atoms with Crippen LogP contribution in [0.4, 0.5) is 5.69 Å². The Morgan fingerprint density at radius 1 is 1.05 bits per heavy atom. The van der Waals surface area contributed by atoms with Crippen LogP contribution in [-0.4, -0.2) is 28.7 Å². The van der Waals surface area contributed by atoms with E-state index in [0.717, 1.165) is 30.2 Å². The fourth-order valence-corrected chi connectivity index (χ4v) is 3.16. The van der Waals surface area contributed by atoms with Gasteiger partial charge in [-0.25, -0.2) is 4.79 Å². The monoisotopic (exact) mass is 284 g/mol. The van der Waals surface area contributed by atoms with Crippen LogP contribution in [0.15, 0.2) is 30.3 Å². The molecule has 1 saturated heterocycles. The van der Waals surface area contributed by atoms with E-state index in [2.05, 4.69) is 29.2 Å². The number of carboxylic acid groups (broad SMARTS) is 1. The van der Waals surface area contributed by atoms with Crippen molar-refractivity contribution in [2.24, 2.45) is 0 Å². The fraction of sp³-hybridized carbons (Fsp3) is 0.353. The number of carbonyl (C=O) groups is 1. The molecule has 1 aliphatic rings. The standard InChI is InChI=1S/C17H20N2O2/c1-12-11-16(17(20)21)13(2)19(12)15-7-5-14(6-8-15)18-9-3-4-10-18/h5-8,11H,3-4,9-10H2,1-2H3,(H,20,21). The molecule has 0 spiro atoms. The van der Waals surface area contributed by atoms with Crippen LogP contribution >= 0.6 is 0 Å². The second-order valence-corrected chi connectivity index (χ2v) is 5.64. The van der Waals surface area contributed by atoms with Gasteiger partial charge in [0.15, 0.2) is 0 Å². The van der Waals surface area contributed by atoms with E-state index in [1.54, 1.807) is 6.07 Å². The summed E-state index contributed by atoms with van der Waals surface area (Å²) in [6.07, 6.45) is 2.53. The molecule has 4 nitrogen and oxygen atoms in total. The normalized spacial score (nSPS) is 14.7. The molecule has 0 radical (unpaired) electrons. The predicted molar refractivity (Wildman–Crippen MR) is 83.6 cm³/mol. The van der Waals surface area contributed by atoms with Gasteiger partial charge in [0.05, 0.1) is 5.56 Å². The lowest BCUT2D eigenvalue weighted by Crippen LogP contribution is -2.17. The molecule has 0 bridgehead atoms. The molecule has 2 heterocycles. The number of benzene rings is 1. The van der Waals surface area contributed by atoms with Gasteiger partial charge < -0.3 is 14.6 Å². The molecule has 21 heavy (non-hydrogen) atoms. The summed E-state index contributed by atoms with van der Waals surface area (Å²) in [5, 5.41) is 9.22. The predicted octanol–water partition coefficient (Wildman–Crippen LogP) is 3.39. The van der Waals surface area contributed by atoms with Gasteiger partial charge in [0.1, 0.15) is 0 Å². The Kier molecular flexibility index (Phi) is 3.45. The molecular weight excluding hydrogens is 264 g/mol. The summed E-state index contributed by atoms with van der Waals surface area (Å²) >= 11 is 0. The lowest BCUT2D eigenvalue weighted by molar-refractivity contribution is 0.0696. The van der Waals surface area contributed by atoms with Crippen molar-refractivity contribution in [3.63, 3.8) is 0 Å². The Bertz CT molecular complexity index is 665. The number of aromatic carboxylic acids is 1. The molecule has 4 heteroatoms. The molecule has 0 amide bonds. The Hall–Kier alpha value is -2.23. The van der Waals surface area contributed by atoms with Crippen LogP contribution in [0.3, 0.4) is 0 Å². The molecule has 1 aliphatic heterocycles. The van der Waals surface area contributed by atoms with E-state index < -0.39 is 5.97 Å². The van der Waals surface area contributed by atoms with Crippen LogP contribution in [0.2, 0.25) is 0 Å². The van der Waals surface area contributed by atoms with Crippen LogP contribution in [0.1, 0.15) is 34.6 Å². The number of hydrogen-bond acceptors (Lipinski definition) is 2. The minimum atomic E-state index is -0.872. The van der Waals surface area contributed by atoms with E-state index in [1.165, 1.54) is 18.5 Å². The maximum atomic E-state index is 11.2. The van der Waals surface area contributed by atoms with Gasteiger partial charge in [0, 0.05) is 35.9 Å². The van der Waals surface area contributed by atoms with Crippen LogP contribution in [0, 0.1) is 13.8 Å². The van der Waals surface area contributed by atoms with Crippen molar-refractivity contribution in [2.75, 3.05) is 18.0 Å². The van der Waals surface area contributed by atoms with E-state index >= 15 is 0 Å².